The highest BCUT2D eigenvalue weighted by Crippen LogP contribution is 2.40. The number of aldehydes is 1. The second-order valence-corrected chi connectivity index (χ2v) is 7.99. The van der Waals surface area contributed by atoms with Crippen LogP contribution < -0.4 is 0 Å². The van der Waals surface area contributed by atoms with Gasteiger partial charge in [-0.2, -0.15) is 0 Å². The molecule has 2 aromatic carbocycles. The molecule has 1 aliphatic rings. The molecule has 0 heterocycles. The molecule has 35 heavy (non-hydrogen) atoms. The molecule has 1 aliphatic carbocycles. The minimum atomic E-state index is -1.75. The fraction of sp³-hybridized carbons (Fsp3) is 0.433. The van der Waals surface area contributed by atoms with Crippen molar-refractivity contribution in [2.75, 3.05) is 27.8 Å². The van der Waals surface area contributed by atoms with Crippen LogP contribution in [0.15, 0.2) is 67.3 Å². The van der Waals surface area contributed by atoms with Gasteiger partial charge in [0, 0.05) is 27.5 Å². The average Bonchev–Trinajstić information content (AvgIpc) is 2.86. The second kappa shape index (κ2) is 21.8. The van der Waals surface area contributed by atoms with Crippen molar-refractivity contribution in [3.05, 3.63) is 95.1 Å². The van der Waals surface area contributed by atoms with Gasteiger partial charge < -0.3 is 9.53 Å². The number of alkyl halides is 3. The van der Waals surface area contributed by atoms with E-state index >= 15 is 0 Å². The van der Waals surface area contributed by atoms with Crippen LogP contribution in [0.1, 0.15) is 55.4 Å². The van der Waals surface area contributed by atoms with Crippen molar-refractivity contribution in [3.8, 4) is 0 Å². The van der Waals surface area contributed by atoms with Gasteiger partial charge in [0.15, 0.2) is 0 Å². The van der Waals surface area contributed by atoms with Gasteiger partial charge in [-0.05, 0) is 56.2 Å². The van der Waals surface area contributed by atoms with Gasteiger partial charge >= 0.3 is 0 Å². The second-order valence-electron chi connectivity index (χ2n) is 7.99. The number of benzene rings is 2. The molecule has 5 heteroatoms. The quantitative estimate of drug-likeness (QED) is 0.308. The van der Waals surface area contributed by atoms with E-state index in [2.05, 4.69) is 49.9 Å². The number of ether oxygens (including phenoxy) is 1. The summed E-state index contributed by atoms with van der Waals surface area (Å²) >= 11 is 0. The Morgan fingerprint density at radius 3 is 2.06 bits per heavy atom. The van der Waals surface area contributed by atoms with Gasteiger partial charge in [0.2, 0.25) is 6.93 Å². The standard InChI is InChI=1S/C16H20.C9H10O.C3H8O.CH2F2.CH3F.H2/c1-5-6-15-13(4)12(3)10-14-9-11(2)7-8-16(14)15;1-8-2-4-9(5-3-8)6-7-10;1-3-4-2;2-1-3;1-2;/h5,7-9,12,15H,1,4,6,10H2,2-3H3;2-5,7H,6H2,1H3;3H2,1-2H3;1H2;1H3;1H. The minimum Gasteiger partial charge on any atom is -0.385 e. The SMILES string of the molecule is C=CCC1C(=C)C(C)Cc2cc(C)ccc21.CCOC.CF.Cc1ccc(CC=O)cc1.FCF.[HH]. The third-order valence-corrected chi connectivity index (χ3v) is 5.41. The molecule has 0 radical (unpaired) electrons. The maximum Gasteiger partial charge on any atom is 0.229 e. The Balaban J connectivity index is -0.000000468. The van der Waals surface area contributed by atoms with E-state index in [9.17, 15) is 18.0 Å². The van der Waals surface area contributed by atoms with E-state index in [1.165, 1.54) is 27.8 Å². The number of methoxy groups -OCH3 is 1. The lowest BCUT2D eigenvalue weighted by Crippen LogP contribution is -2.19. The van der Waals surface area contributed by atoms with Gasteiger partial charge in [-0.15, -0.1) is 6.58 Å². The highest BCUT2D eigenvalue weighted by atomic mass is 19.3. The third-order valence-electron chi connectivity index (χ3n) is 5.41. The summed E-state index contributed by atoms with van der Waals surface area (Å²) in [7, 11) is 2.18. The van der Waals surface area contributed by atoms with Crippen LogP contribution in [0.2, 0.25) is 0 Å². The van der Waals surface area contributed by atoms with Crippen LogP contribution in [-0.2, 0) is 22.4 Å². The van der Waals surface area contributed by atoms with Crippen LogP contribution in [-0.4, -0.2) is 34.1 Å². The Morgan fingerprint density at radius 2 is 1.60 bits per heavy atom. The summed E-state index contributed by atoms with van der Waals surface area (Å²) in [4.78, 5) is 10.1. The zero-order chi connectivity index (χ0) is 27.2. The fourth-order valence-corrected chi connectivity index (χ4v) is 3.52. The molecular formula is C30H45F3O2. The van der Waals surface area contributed by atoms with E-state index in [1.807, 2.05) is 44.2 Å². The molecule has 0 N–H and O–H groups in total. The molecule has 0 saturated carbocycles. The number of hydrogen-bond acceptors (Lipinski definition) is 2. The lowest BCUT2D eigenvalue weighted by Gasteiger charge is -2.32. The topological polar surface area (TPSA) is 26.3 Å². The molecule has 0 aromatic heterocycles. The lowest BCUT2D eigenvalue weighted by molar-refractivity contribution is -0.107. The Hall–Kier alpha value is -2.66. The number of allylic oxidation sites excluding steroid dienone is 2. The number of carbonyl (C=O) groups excluding carboxylic acids is 1. The smallest absolute Gasteiger partial charge is 0.229 e. The molecule has 2 aromatic rings. The minimum absolute atomic E-state index is 0. The van der Waals surface area contributed by atoms with Crippen molar-refractivity contribution < 1.29 is 24.1 Å². The van der Waals surface area contributed by atoms with Crippen LogP contribution in [0.3, 0.4) is 0 Å². The zero-order valence-corrected chi connectivity index (χ0v) is 22.3. The first kappa shape index (κ1) is 34.5. The maximum atomic E-state index is 10.1. The Labute approximate surface area is 212 Å². The van der Waals surface area contributed by atoms with E-state index < -0.39 is 6.93 Å². The van der Waals surface area contributed by atoms with Gasteiger partial charge in [-0.1, -0.05) is 78.7 Å². The molecule has 0 spiro atoms. The monoisotopic (exact) mass is 494 g/mol. The number of carbonyl (C=O) groups is 1. The number of halogens is 3. The molecule has 0 bridgehead atoms. The molecule has 0 aliphatic heterocycles. The highest BCUT2D eigenvalue weighted by Gasteiger charge is 2.26. The number of fused-ring (bicyclic) bond motifs is 1. The summed E-state index contributed by atoms with van der Waals surface area (Å²) < 4.78 is 33.3. The first-order chi connectivity index (χ1) is 16.8. The molecule has 0 fully saturated rings. The van der Waals surface area contributed by atoms with E-state index in [0.29, 0.717) is 25.4 Å². The van der Waals surface area contributed by atoms with Crippen LogP contribution >= 0.6 is 0 Å². The lowest BCUT2D eigenvalue weighted by atomic mass is 9.73. The molecule has 3 rings (SSSR count). The fourth-order valence-electron chi connectivity index (χ4n) is 3.52. The Kier molecular flexibility index (Phi) is 21.5. The normalized spacial score (nSPS) is 15.2. The van der Waals surface area contributed by atoms with E-state index in [-0.39, 0.29) is 1.43 Å². The van der Waals surface area contributed by atoms with Gasteiger partial charge in [-0.25, -0.2) is 8.78 Å². The summed E-state index contributed by atoms with van der Waals surface area (Å²) in [6.45, 7) is 15.6. The van der Waals surface area contributed by atoms with Crippen LogP contribution in [0.25, 0.3) is 0 Å². The molecule has 0 saturated heterocycles. The van der Waals surface area contributed by atoms with Crippen molar-refractivity contribution in [1.82, 2.24) is 0 Å². The zero-order valence-electron chi connectivity index (χ0n) is 22.3. The van der Waals surface area contributed by atoms with E-state index in [1.54, 1.807) is 7.11 Å². The van der Waals surface area contributed by atoms with Crippen LogP contribution in [0.5, 0.6) is 0 Å². The van der Waals surface area contributed by atoms with E-state index in [4.69, 9.17) is 0 Å². The largest absolute Gasteiger partial charge is 0.385 e. The van der Waals surface area contributed by atoms with Crippen molar-refractivity contribution in [1.29, 1.82) is 0 Å². The summed E-state index contributed by atoms with van der Waals surface area (Å²) in [5.41, 5.74) is 8.02. The molecule has 0 amide bonds. The maximum absolute atomic E-state index is 10.1. The van der Waals surface area contributed by atoms with Gasteiger partial charge in [0.25, 0.3) is 0 Å². The van der Waals surface area contributed by atoms with Crippen molar-refractivity contribution in [3.63, 3.8) is 0 Å². The van der Waals surface area contributed by atoms with Crippen molar-refractivity contribution >= 4 is 6.29 Å². The van der Waals surface area contributed by atoms with Gasteiger partial charge in [-0.3, -0.25) is 4.39 Å². The van der Waals surface area contributed by atoms with Crippen LogP contribution in [0, 0.1) is 19.8 Å². The first-order valence-electron chi connectivity index (χ1n) is 11.7. The predicted octanol–water partition coefficient (Wildman–Crippen LogP) is 8.51. The molecule has 2 nitrogen and oxygen atoms in total. The number of hydrogen-bond donors (Lipinski definition) is 0. The predicted molar refractivity (Wildman–Crippen MR) is 145 cm³/mol. The van der Waals surface area contributed by atoms with Gasteiger partial charge in [0.1, 0.15) is 6.29 Å². The van der Waals surface area contributed by atoms with Crippen LogP contribution in [0.4, 0.5) is 13.2 Å². The molecule has 2 atom stereocenters. The van der Waals surface area contributed by atoms with Gasteiger partial charge in [0.05, 0.1) is 7.18 Å². The summed E-state index contributed by atoms with van der Waals surface area (Å²) in [6.07, 6.45) is 5.62. The highest BCUT2D eigenvalue weighted by molar-refractivity contribution is 5.54. The van der Waals surface area contributed by atoms with E-state index in [0.717, 1.165) is 31.3 Å². The molecule has 198 valence electrons. The van der Waals surface area contributed by atoms with Crippen molar-refractivity contribution in [2.45, 2.75) is 52.9 Å². The molecular weight excluding hydrogens is 449 g/mol. The summed E-state index contributed by atoms with van der Waals surface area (Å²) in [5, 5.41) is 0. The third kappa shape index (κ3) is 14.4. The summed E-state index contributed by atoms with van der Waals surface area (Å²) in [5.74, 6) is 1.08. The first-order valence-corrected chi connectivity index (χ1v) is 11.7. The number of rotatable bonds is 5. The number of aryl methyl sites for hydroxylation is 2. The molecule has 2 unspecified atom stereocenters. The average molecular weight is 495 g/mol. The Morgan fingerprint density at radius 1 is 1.09 bits per heavy atom. The Bertz CT molecular complexity index is 837. The summed E-state index contributed by atoms with van der Waals surface area (Å²) in [6, 6.07) is 14.8. The van der Waals surface area contributed by atoms with Crippen molar-refractivity contribution in [2.24, 2.45) is 5.92 Å².